The van der Waals surface area contributed by atoms with Crippen LogP contribution in [-0.4, -0.2) is 37.2 Å². The van der Waals surface area contributed by atoms with Gasteiger partial charge in [-0.25, -0.2) is 0 Å². The van der Waals surface area contributed by atoms with E-state index < -0.39 is 6.10 Å². The molecule has 0 N–H and O–H groups in total. The van der Waals surface area contributed by atoms with E-state index in [1.54, 1.807) is 0 Å². The van der Waals surface area contributed by atoms with Gasteiger partial charge in [0, 0.05) is 19.3 Å². The Morgan fingerprint density at radius 2 is 0.580 bits per heavy atom. The number of ether oxygens (including phenoxy) is 3. The summed E-state index contributed by atoms with van der Waals surface area (Å²) >= 11 is 0. The lowest BCUT2D eigenvalue weighted by atomic mass is 10.1. The van der Waals surface area contributed by atoms with Gasteiger partial charge in [-0.2, -0.15) is 0 Å². The largest absolute Gasteiger partial charge is 0.462 e. The van der Waals surface area contributed by atoms with E-state index in [-0.39, 0.29) is 37.5 Å². The molecule has 69 heavy (non-hydrogen) atoms. The minimum absolute atomic E-state index is 0.108. The van der Waals surface area contributed by atoms with Crippen molar-refractivity contribution in [2.75, 3.05) is 13.2 Å². The summed E-state index contributed by atoms with van der Waals surface area (Å²) in [7, 11) is 0. The number of hydrogen-bond donors (Lipinski definition) is 0. The Morgan fingerprint density at radius 1 is 0.304 bits per heavy atom. The van der Waals surface area contributed by atoms with Gasteiger partial charge >= 0.3 is 17.9 Å². The molecule has 0 aromatic heterocycles. The first-order chi connectivity index (χ1) is 34.0. The maximum atomic E-state index is 12.8. The van der Waals surface area contributed by atoms with Crippen LogP contribution in [0.3, 0.4) is 0 Å². The number of unbranched alkanes of at least 4 members (excludes halogenated alkanes) is 18. The first-order valence-corrected chi connectivity index (χ1v) is 28.0. The zero-order valence-electron chi connectivity index (χ0n) is 44.5. The highest BCUT2D eigenvalue weighted by Gasteiger charge is 2.19. The fourth-order valence-corrected chi connectivity index (χ4v) is 7.27. The number of carbonyl (C=O) groups is 3. The molecule has 0 rings (SSSR count). The molecule has 1 atom stereocenters. The first-order valence-electron chi connectivity index (χ1n) is 28.0. The van der Waals surface area contributed by atoms with Gasteiger partial charge in [-0.1, -0.05) is 226 Å². The average Bonchev–Trinajstić information content (AvgIpc) is 3.35. The summed E-state index contributed by atoms with van der Waals surface area (Å²) in [6.07, 6.45) is 77.7. The molecular formula is C63H102O6. The zero-order valence-corrected chi connectivity index (χ0v) is 44.5. The summed E-state index contributed by atoms with van der Waals surface area (Å²) < 4.78 is 16.8. The summed E-state index contributed by atoms with van der Waals surface area (Å²) in [5.74, 6) is -0.985. The van der Waals surface area contributed by atoms with Gasteiger partial charge in [0.05, 0.1) is 0 Å². The van der Waals surface area contributed by atoms with Crippen LogP contribution in [-0.2, 0) is 28.6 Å². The number of carbonyl (C=O) groups excluding carboxylic acids is 3. The van der Waals surface area contributed by atoms with Crippen molar-refractivity contribution in [1.29, 1.82) is 0 Å². The smallest absolute Gasteiger partial charge is 0.306 e. The SMILES string of the molecule is CC/C=C\C/C=C\C/C=C\C/C=C\C/C=C\CCCC(=O)OC(COC(=O)CCCCCCC/C=C\CCCC)COC(=O)CCCCCCCCCCCC/C=C\C/C=C\C/C=C\C/C=C\CC. The minimum atomic E-state index is -0.816. The number of hydrogen-bond acceptors (Lipinski definition) is 6. The fourth-order valence-electron chi connectivity index (χ4n) is 7.27. The third-order valence-electron chi connectivity index (χ3n) is 11.4. The minimum Gasteiger partial charge on any atom is -0.462 e. The van der Waals surface area contributed by atoms with Gasteiger partial charge in [-0.15, -0.1) is 0 Å². The molecule has 0 radical (unpaired) electrons. The molecule has 0 spiro atoms. The molecule has 6 nitrogen and oxygen atoms in total. The average molecular weight is 956 g/mol. The highest BCUT2D eigenvalue weighted by Crippen LogP contribution is 2.14. The fraction of sp³-hybridized carbons (Fsp3) is 0.635. The first kappa shape index (κ1) is 64.8. The van der Waals surface area contributed by atoms with Crippen LogP contribution >= 0.6 is 0 Å². The molecule has 0 heterocycles. The predicted molar refractivity (Wildman–Crippen MR) is 297 cm³/mol. The van der Waals surface area contributed by atoms with Crippen molar-refractivity contribution in [3.8, 4) is 0 Å². The molecule has 0 saturated heterocycles. The normalized spacial score (nSPS) is 13.0. The predicted octanol–water partition coefficient (Wildman–Crippen LogP) is 18.9. The summed E-state index contributed by atoms with van der Waals surface area (Å²) in [6, 6.07) is 0. The molecule has 0 aliphatic heterocycles. The second kappa shape index (κ2) is 56.4. The van der Waals surface area contributed by atoms with Crippen LogP contribution in [0.25, 0.3) is 0 Å². The third-order valence-corrected chi connectivity index (χ3v) is 11.4. The maximum absolute atomic E-state index is 12.8. The van der Waals surface area contributed by atoms with Crippen LogP contribution < -0.4 is 0 Å². The highest BCUT2D eigenvalue weighted by molar-refractivity contribution is 5.71. The summed E-state index contributed by atoms with van der Waals surface area (Å²) in [4.78, 5) is 38.1. The Bertz CT molecular complexity index is 1470. The van der Waals surface area contributed by atoms with E-state index in [0.717, 1.165) is 116 Å². The molecule has 6 heteroatoms. The number of rotatable bonds is 49. The lowest BCUT2D eigenvalue weighted by molar-refractivity contribution is -0.167. The lowest BCUT2D eigenvalue weighted by Crippen LogP contribution is -2.30. The van der Waals surface area contributed by atoms with Crippen molar-refractivity contribution >= 4 is 17.9 Å². The van der Waals surface area contributed by atoms with E-state index in [1.165, 1.54) is 77.0 Å². The Labute approximate surface area is 424 Å². The van der Waals surface area contributed by atoms with Gasteiger partial charge in [0.1, 0.15) is 13.2 Å². The van der Waals surface area contributed by atoms with Crippen LogP contribution in [0.4, 0.5) is 0 Å². The molecule has 0 aromatic carbocycles. The van der Waals surface area contributed by atoms with Crippen molar-refractivity contribution < 1.29 is 28.6 Å². The summed E-state index contributed by atoms with van der Waals surface area (Å²) in [6.45, 7) is 6.31. The summed E-state index contributed by atoms with van der Waals surface area (Å²) in [5.41, 5.74) is 0. The lowest BCUT2D eigenvalue weighted by Gasteiger charge is -2.18. The molecule has 0 amide bonds. The van der Waals surface area contributed by atoms with Gasteiger partial charge in [-0.05, 0) is 116 Å². The zero-order chi connectivity index (χ0) is 50.0. The second-order valence-electron chi connectivity index (χ2n) is 18.1. The monoisotopic (exact) mass is 955 g/mol. The second-order valence-corrected chi connectivity index (χ2v) is 18.1. The van der Waals surface area contributed by atoms with E-state index in [9.17, 15) is 14.4 Å². The Kier molecular flexibility index (Phi) is 53.0. The topological polar surface area (TPSA) is 78.9 Å². The van der Waals surface area contributed by atoms with E-state index in [0.29, 0.717) is 19.3 Å². The maximum Gasteiger partial charge on any atom is 0.306 e. The van der Waals surface area contributed by atoms with Gasteiger partial charge in [0.25, 0.3) is 0 Å². The molecule has 0 bridgehead atoms. The van der Waals surface area contributed by atoms with Crippen LogP contribution in [0.5, 0.6) is 0 Å². The molecular weight excluding hydrogens is 853 g/mol. The molecule has 1 unspecified atom stereocenters. The molecule has 390 valence electrons. The van der Waals surface area contributed by atoms with Crippen molar-refractivity contribution in [2.24, 2.45) is 0 Å². The van der Waals surface area contributed by atoms with Gasteiger partial charge in [0.2, 0.25) is 0 Å². The van der Waals surface area contributed by atoms with Crippen molar-refractivity contribution in [2.45, 2.75) is 245 Å². The van der Waals surface area contributed by atoms with Crippen LogP contribution in [0.1, 0.15) is 239 Å². The standard InChI is InChI=1S/C63H102O6/c1-4-7-10-13-16-19-22-24-26-28-29-30-31-32-33-35-36-38-41-44-47-50-53-56-62(65)68-59-60(58-67-61(64)55-52-49-46-43-40-21-18-15-12-9-6-3)69-63(66)57-54-51-48-45-42-39-37-34-27-25-23-20-17-14-11-8-5-2/h7-8,10-11,15-20,24-27,29-30,37,39,45,48,60H,4-6,9,12-14,21-23,28,31-36,38,40-44,46-47,49-59H2,1-3H3/b10-7-,11-8-,18-15-,19-16-,20-17-,26-24-,27-25-,30-29-,39-37-,48-45-. The Hall–Kier alpha value is -4.19. The molecule has 0 saturated carbocycles. The van der Waals surface area contributed by atoms with Crippen LogP contribution in [0, 0.1) is 0 Å². The van der Waals surface area contributed by atoms with Crippen LogP contribution in [0.15, 0.2) is 122 Å². The van der Waals surface area contributed by atoms with Gasteiger partial charge < -0.3 is 14.2 Å². The van der Waals surface area contributed by atoms with E-state index in [1.807, 2.05) is 0 Å². The molecule has 0 fully saturated rings. The van der Waals surface area contributed by atoms with Crippen LogP contribution in [0.2, 0.25) is 0 Å². The molecule has 0 aromatic rings. The summed E-state index contributed by atoms with van der Waals surface area (Å²) in [5, 5.41) is 0. The van der Waals surface area contributed by atoms with E-state index >= 15 is 0 Å². The third kappa shape index (κ3) is 54.6. The van der Waals surface area contributed by atoms with Gasteiger partial charge in [-0.3, -0.25) is 14.4 Å². The van der Waals surface area contributed by atoms with Crippen molar-refractivity contribution in [1.82, 2.24) is 0 Å². The highest BCUT2D eigenvalue weighted by atomic mass is 16.6. The van der Waals surface area contributed by atoms with E-state index in [4.69, 9.17) is 14.2 Å². The van der Waals surface area contributed by atoms with Crippen molar-refractivity contribution in [3.63, 3.8) is 0 Å². The molecule has 0 aliphatic rings. The molecule has 0 aliphatic carbocycles. The van der Waals surface area contributed by atoms with Crippen molar-refractivity contribution in [3.05, 3.63) is 122 Å². The number of esters is 3. The quantitative estimate of drug-likeness (QED) is 0.0262. The number of allylic oxidation sites excluding steroid dienone is 20. The Balaban J connectivity index is 4.41. The van der Waals surface area contributed by atoms with Gasteiger partial charge in [0.15, 0.2) is 6.10 Å². The van der Waals surface area contributed by atoms with E-state index in [2.05, 4.69) is 142 Å². The Morgan fingerprint density at radius 3 is 0.942 bits per heavy atom.